The molecule has 0 radical (unpaired) electrons. The lowest BCUT2D eigenvalue weighted by Crippen LogP contribution is -2.51. The quantitative estimate of drug-likeness (QED) is 0.869. The topological polar surface area (TPSA) is 35.9 Å². The van der Waals surface area contributed by atoms with Gasteiger partial charge >= 0.3 is 6.61 Å². The molecule has 1 aliphatic rings. The first-order valence-corrected chi connectivity index (χ1v) is 7.15. The standard InChI is InChI=1S/C15H22F2N2O2/c1-18-6-7-19(11-13(18)5-8-20)10-12-3-2-4-14(9-12)21-15(16)17/h2-4,9,13,15,20H,5-8,10-11H2,1H3. The third-order valence-corrected chi connectivity index (χ3v) is 3.85. The SMILES string of the molecule is CN1CCN(Cc2cccc(OC(F)F)c2)CC1CCO. The summed E-state index contributed by atoms with van der Waals surface area (Å²) in [7, 11) is 2.06. The van der Waals surface area contributed by atoms with Gasteiger partial charge in [0.25, 0.3) is 0 Å². The lowest BCUT2D eigenvalue weighted by molar-refractivity contribution is -0.0499. The van der Waals surface area contributed by atoms with Crippen LogP contribution in [0.15, 0.2) is 24.3 Å². The second-order valence-electron chi connectivity index (χ2n) is 5.41. The van der Waals surface area contributed by atoms with E-state index in [2.05, 4.69) is 21.6 Å². The van der Waals surface area contributed by atoms with Gasteiger partial charge in [0.2, 0.25) is 0 Å². The maximum Gasteiger partial charge on any atom is 0.387 e. The molecule has 1 aliphatic heterocycles. The van der Waals surface area contributed by atoms with E-state index in [1.807, 2.05) is 6.07 Å². The minimum absolute atomic E-state index is 0.181. The highest BCUT2D eigenvalue weighted by Gasteiger charge is 2.23. The summed E-state index contributed by atoms with van der Waals surface area (Å²) < 4.78 is 28.9. The van der Waals surface area contributed by atoms with Gasteiger partial charge in [-0.1, -0.05) is 12.1 Å². The number of nitrogens with zero attached hydrogens (tertiary/aromatic N) is 2. The van der Waals surface area contributed by atoms with Gasteiger partial charge in [-0.3, -0.25) is 4.90 Å². The number of hydrogen-bond acceptors (Lipinski definition) is 4. The third kappa shape index (κ3) is 4.91. The number of halogens is 2. The molecule has 1 atom stereocenters. The number of piperazine rings is 1. The fraction of sp³-hybridized carbons (Fsp3) is 0.600. The van der Waals surface area contributed by atoms with Crippen LogP contribution in [0.2, 0.25) is 0 Å². The summed E-state index contributed by atoms with van der Waals surface area (Å²) in [6.45, 7) is 0.835. The van der Waals surface area contributed by atoms with Crippen molar-refractivity contribution >= 4 is 0 Å². The first-order valence-electron chi connectivity index (χ1n) is 7.15. The van der Waals surface area contributed by atoms with E-state index in [0.717, 1.165) is 31.6 Å². The third-order valence-electron chi connectivity index (χ3n) is 3.85. The lowest BCUT2D eigenvalue weighted by Gasteiger charge is -2.39. The van der Waals surface area contributed by atoms with Gasteiger partial charge in [0.15, 0.2) is 0 Å². The average Bonchev–Trinajstić information content (AvgIpc) is 2.42. The molecule has 0 bridgehead atoms. The molecule has 0 saturated carbocycles. The van der Waals surface area contributed by atoms with E-state index in [9.17, 15) is 8.78 Å². The van der Waals surface area contributed by atoms with Gasteiger partial charge in [-0.2, -0.15) is 8.78 Å². The van der Waals surface area contributed by atoms with Crippen LogP contribution in [-0.2, 0) is 6.54 Å². The molecule has 4 nitrogen and oxygen atoms in total. The summed E-state index contributed by atoms with van der Waals surface area (Å²) in [5.41, 5.74) is 0.959. The molecule has 1 aromatic rings. The van der Waals surface area contributed by atoms with Crippen LogP contribution >= 0.6 is 0 Å². The van der Waals surface area contributed by atoms with E-state index in [1.165, 1.54) is 6.07 Å². The minimum atomic E-state index is -2.79. The van der Waals surface area contributed by atoms with Crippen molar-refractivity contribution in [2.24, 2.45) is 0 Å². The van der Waals surface area contributed by atoms with Gasteiger partial charge in [-0.05, 0) is 31.2 Å². The summed E-state index contributed by atoms with van der Waals surface area (Å²) in [6.07, 6.45) is 0.752. The Morgan fingerprint density at radius 3 is 2.90 bits per heavy atom. The Morgan fingerprint density at radius 1 is 1.38 bits per heavy atom. The molecule has 1 N–H and O–H groups in total. The average molecular weight is 300 g/mol. The molecule has 1 fully saturated rings. The van der Waals surface area contributed by atoms with Crippen molar-refractivity contribution in [2.75, 3.05) is 33.3 Å². The van der Waals surface area contributed by atoms with E-state index in [4.69, 9.17) is 5.11 Å². The van der Waals surface area contributed by atoms with Crippen LogP contribution in [0.5, 0.6) is 5.75 Å². The molecule has 0 spiro atoms. The molecule has 0 amide bonds. The van der Waals surface area contributed by atoms with Gasteiger partial charge in [-0.15, -0.1) is 0 Å². The molecule has 2 rings (SSSR count). The molecule has 0 aromatic heterocycles. The van der Waals surface area contributed by atoms with Crippen molar-refractivity contribution < 1.29 is 18.6 Å². The van der Waals surface area contributed by atoms with Gasteiger partial charge in [-0.25, -0.2) is 0 Å². The number of aliphatic hydroxyl groups is 1. The van der Waals surface area contributed by atoms with Crippen molar-refractivity contribution in [1.29, 1.82) is 0 Å². The van der Waals surface area contributed by atoms with Crippen LogP contribution in [0.3, 0.4) is 0 Å². The number of ether oxygens (including phenoxy) is 1. The zero-order valence-corrected chi connectivity index (χ0v) is 12.2. The maximum atomic E-state index is 12.2. The van der Waals surface area contributed by atoms with E-state index >= 15 is 0 Å². The smallest absolute Gasteiger partial charge is 0.387 e. The second-order valence-corrected chi connectivity index (χ2v) is 5.41. The van der Waals surface area contributed by atoms with Crippen LogP contribution in [-0.4, -0.2) is 60.8 Å². The Labute approximate surface area is 123 Å². The Kier molecular flexibility index (Phi) is 5.90. The molecule has 21 heavy (non-hydrogen) atoms. The number of rotatable bonds is 6. The number of hydrogen-bond donors (Lipinski definition) is 1. The van der Waals surface area contributed by atoms with Gasteiger partial charge < -0.3 is 14.7 Å². The van der Waals surface area contributed by atoms with E-state index in [-0.39, 0.29) is 12.4 Å². The number of aliphatic hydroxyl groups excluding tert-OH is 1. The molecule has 0 aliphatic carbocycles. The molecular formula is C15H22F2N2O2. The second kappa shape index (κ2) is 7.68. The molecule has 6 heteroatoms. The summed E-state index contributed by atoms with van der Waals surface area (Å²) >= 11 is 0. The zero-order valence-electron chi connectivity index (χ0n) is 12.2. The summed E-state index contributed by atoms with van der Waals surface area (Å²) in [5.74, 6) is 0.198. The zero-order chi connectivity index (χ0) is 15.2. The van der Waals surface area contributed by atoms with Crippen LogP contribution in [0.4, 0.5) is 8.78 Å². The summed E-state index contributed by atoms with van der Waals surface area (Å²) in [5, 5.41) is 9.10. The molecule has 1 unspecified atom stereocenters. The highest BCUT2D eigenvalue weighted by molar-refractivity contribution is 5.28. The Morgan fingerprint density at radius 2 is 2.19 bits per heavy atom. The number of benzene rings is 1. The molecule has 118 valence electrons. The largest absolute Gasteiger partial charge is 0.435 e. The summed E-state index contributed by atoms with van der Waals surface area (Å²) in [4.78, 5) is 4.53. The Balaban J connectivity index is 1.94. The van der Waals surface area contributed by atoms with E-state index < -0.39 is 6.61 Å². The van der Waals surface area contributed by atoms with Gasteiger partial charge in [0.1, 0.15) is 5.75 Å². The van der Waals surface area contributed by atoms with Crippen molar-refractivity contribution in [3.63, 3.8) is 0 Å². The van der Waals surface area contributed by atoms with Gasteiger partial charge in [0, 0.05) is 38.8 Å². The summed E-state index contributed by atoms with van der Waals surface area (Å²) in [6, 6.07) is 7.18. The minimum Gasteiger partial charge on any atom is -0.435 e. The molecule has 1 heterocycles. The highest BCUT2D eigenvalue weighted by Crippen LogP contribution is 2.19. The number of alkyl halides is 2. The van der Waals surface area contributed by atoms with E-state index in [0.29, 0.717) is 12.6 Å². The van der Waals surface area contributed by atoms with Crippen molar-refractivity contribution in [3.8, 4) is 5.75 Å². The van der Waals surface area contributed by atoms with Crippen LogP contribution in [0.1, 0.15) is 12.0 Å². The van der Waals surface area contributed by atoms with E-state index in [1.54, 1.807) is 12.1 Å². The Bertz CT molecular complexity index is 445. The fourth-order valence-corrected chi connectivity index (χ4v) is 2.69. The predicted octanol–water partition coefficient (Wildman–Crippen LogP) is 1.79. The highest BCUT2D eigenvalue weighted by atomic mass is 19.3. The van der Waals surface area contributed by atoms with Crippen molar-refractivity contribution in [1.82, 2.24) is 9.80 Å². The Hall–Kier alpha value is -1.24. The monoisotopic (exact) mass is 300 g/mol. The van der Waals surface area contributed by atoms with Crippen LogP contribution in [0, 0.1) is 0 Å². The fourth-order valence-electron chi connectivity index (χ4n) is 2.69. The molecular weight excluding hydrogens is 278 g/mol. The van der Waals surface area contributed by atoms with Crippen LogP contribution in [0.25, 0.3) is 0 Å². The first kappa shape index (κ1) is 16.1. The first-order chi connectivity index (χ1) is 10.1. The molecule has 1 aromatic carbocycles. The van der Waals surface area contributed by atoms with Crippen molar-refractivity contribution in [2.45, 2.75) is 25.6 Å². The number of likely N-dealkylation sites (N-methyl/N-ethyl adjacent to an activating group) is 1. The van der Waals surface area contributed by atoms with Gasteiger partial charge in [0.05, 0.1) is 0 Å². The maximum absolute atomic E-state index is 12.2. The normalized spacial score (nSPS) is 20.9. The molecule has 1 saturated heterocycles. The van der Waals surface area contributed by atoms with Crippen LogP contribution < -0.4 is 4.74 Å². The lowest BCUT2D eigenvalue weighted by atomic mass is 10.1. The predicted molar refractivity (Wildman–Crippen MR) is 76.5 cm³/mol. The van der Waals surface area contributed by atoms with Crippen molar-refractivity contribution in [3.05, 3.63) is 29.8 Å².